The van der Waals surface area contributed by atoms with E-state index in [0.29, 0.717) is 12.6 Å². The molecule has 0 saturated heterocycles. The highest BCUT2D eigenvalue weighted by atomic mass is 16.4. The summed E-state index contributed by atoms with van der Waals surface area (Å²) in [6.07, 6.45) is 5.97. The fourth-order valence-electron chi connectivity index (χ4n) is 2.03. The van der Waals surface area contributed by atoms with Crippen LogP contribution in [0.25, 0.3) is 0 Å². The van der Waals surface area contributed by atoms with Gasteiger partial charge in [-0.15, -0.1) is 0 Å². The van der Waals surface area contributed by atoms with Crippen LogP contribution in [-0.4, -0.2) is 28.6 Å². The van der Waals surface area contributed by atoms with E-state index < -0.39 is 5.97 Å². The number of nitrogens with zero attached hydrogens (tertiary/aromatic N) is 1. The van der Waals surface area contributed by atoms with E-state index in [-0.39, 0.29) is 12.5 Å². The Morgan fingerprint density at radius 2 is 2.44 bits per heavy atom. The van der Waals surface area contributed by atoms with Crippen molar-refractivity contribution in [1.29, 1.82) is 0 Å². The van der Waals surface area contributed by atoms with Gasteiger partial charge in [0.25, 0.3) is 0 Å². The van der Waals surface area contributed by atoms with Crippen molar-refractivity contribution in [3.8, 4) is 0 Å². The highest BCUT2D eigenvalue weighted by molar-refractivity contribution is 5.66. The second-order valence-electron chi connectivity index (χ2n) is 4.35. The van der Waals surface area contributed by atoms with Crippen LogP contribution in [0.4, 0.5) is 0 Å². The van der Waals surface area contributed by atoms with Gasteiger partial charge in [0, 0.05) is 24.2 Å². The van der Waals surface area contributed by atoms with Crippen molar-refractivity contribution >= 4 is 5.97 Å². The summed E-state index contributed by atoms with van der Waals surface area (Å²) >= 11 is 0. The molecule has 0 spiro atoms. The smallest absolute Gasteiger partial charge is 0.304 e. The molecule has 1 aromatic heterocycles. The highest BCUT2D eigenvalue weighted by Crippen LogP contribution is 2.34. The fourth-order valence-corrected chi connectivity index (χ4v) is 2.03. The van der Waals surface area contributed by atoms with Crippen molar-refractivity contribution in [2.24, 2.45) is 0 Å². The maximum absolute atomic E-state index is 10.6. The zero-order valence-corrected chi connectivity index (χ0v) is 9.43. The lowest BCUT2D eigenvalue weighted by atomic mass is 10.1. The molecule has 1 unspecified atom stereocenters. The van der Waals surface area contributed by atoms with Gasteiger partial charge in [-0.1, -0.05) is 0 Å². The van der Waals surface area contributed by atoms with Gasteiger partial charge >= 0.3 is 5.97 Å². The number of aliphatic carboxylic acids is 1. The quantitative estimate of drug-likeness (QED) is 0.803. The third kappa shape index (κ3) is 2.64. The van der Waals surface area contributed by atoms with Gasteiger partial charge in [-0.3, -0.25) is 9.69 Å². The lowest BCUT2D eigenvalue weighted by Crippen LogP contribution is -2.31. The summed E-state index contributed by atoms with van der Waals surface area (Å²) < 4.78 is 5.07. The molecule has 1 fully saturated rings. The van der Waals surface area contributed by atoms with Gasteiger partial charge < -0.3 is 9.52 Å². The monoisotopic (exact) mass is 223 g/mol. The number of rotatable bonds is 6. The third-order valence-electron chi connectivity index (χ3n) is 3.12. The van der Waals surface area contributed by atoms with Crippen LogP contribution < -0.4 is 0 Å². The molecule has 1 aliphatic rings. The van der Waals surface area contributed by atoms with E-state index in [1.54, 1.807) is 12.5 Å². The number of carbonyl (C=O) groups is 1. The first-order valence-electron chi connectivity index (χ1n) is 5.68. The maximum atomic E-state index is 10.6. The summed E-state index contributed by atoms with van der Waals surface area (Å²) in [5.74, 6) is -0.731. The summed E-state index contributed by atoms with van der Waals surface area (Å²) in [6, 6.07) is 2.75. The molecule has 0 bridgehead atoms. The Morgan fingerprint density at radius 3 is 2.94 bits per heavy atom. The second-order valence-corrected chi connectivity index (χ2v) is 4.35. The van der Waals surface area contributed by atoms with Gasteiger partial charge in [0.2, 0.25) is 0 Å². The molecule has 88 valence electrons. The Balaban J connectivity index is 1.98. The molecule has 1 N–H and O–H groups in total. The lowest BCUT2D eigenvalue weighted by Gasteiger charge is -2.27. The van der Waals surface area contributed by atoms with Gasteiger partial charge in [-0.25, -0.2) is 0 Å². The minimum absolute atomic E-state index is 0.207. The van der Waals surface area contributed by atoms with E-state index in [4.69, 9.17) is 9.52 Å². The van der Waals surface area contributed by atoms with Crippen LogP contribution in [0, 0.1) is 0 Å². The van der Waals surface area contributed by atoms with Crippen LogP contribution in [0.15, 0.2) is 23.0 Å². The molecule has 0 aromatic carbocycles. The van der Waals surface area contributed by atoms with Crippen molar-refractivity contribution in [1.82, 2.24) is 4.90 Å². The van der Waals surface area contributed by atoms with E-state index in [1.165, 1.54) is 12.8 Å². The standard InChI is InChI=1S/C12H17NO3/c1-9(10-5-7-16-8-10)13(11-2-3-11)6-4-12(14)15/h5,7-9,11H,2-4,6H2,1H3,(H,14,15). The topological polar surface area (TPSA) is 53.7 Å². The molecule has 1 heterocycles. The SMILES string of the molecule is CC(c1ccoc1)N(CCC(=O)O)C1CC1. The van der Waals surface area contributed by atoms with Gasteiger partial charge in [0.1, 0.15) is 0 Å². The highest BCUT2D eigenvalue weighted by Gasteiger charge is 2.32. The van der Waals surface area contributed by atoms with Gasteiger partial charge in [0.05, 0.1) is 18.9 Å². The Morgan fingerprint density at radius 1 is 1.69 bits per heavy atom. The predicted molar refractivity (Wildman–Crippen MR) is 59.1 cm³/mol. The number of carboxylic acid groups (broad SMARTS) is 1. The summed E-state index contributed by atoms with van der Waals surface area (Å²) in [4.78, 5) is 12.9. The van der Waals surface area contributed by atoms with Crippen LogP contribution in [0.1, 0.15) is 37.8 Å². The molecule has 1 atom stereocenters. The number of furan rings is 1. The second kappa shape index (κ2) is 4.70. The van der Waals surface area contributed by atoms with Gasteiger partial charge in [-0.05, 0) is 25.8 Å². The lowest BCUT2D eigenvalue weighted by molar-refractivity contribution is -0.137. The molecule has 0 amide bonds. The molecule has 4 nitrogen and oxygen atoms in total. The molecule has 1 aromatic rings. The Bertz CT molecular complexity index is 343. The first kappa shape index (κ1) is 11.2. The van der Waals surface area contributed by atoms with Crippen molar-refractivity contribution in [2.75, 3.05) is 6.54 Å². The fraction of sp³-hybridized carbons (Fsp3) is 0.583. The Kier molecular flexibility index (Phi) is 3.29. The largest absolute Gasteiger partial charge is 0.481 e. The van der Waals surface area contributed by atoms with Crippen LogP contribution >= 0.6 is 0 Å². The molecule has 0 radical (unpaired) electrons. The average molecular weight is 223 g/mol. The van der Waals surface area contributed by atoms with E-state index in [0.717, 1.165) is 5.56 Å². The minimum Gasteiger partial charge on any atom is -0.481 e. The van der Waals surface area contributed by atoms with E-state index in [1.807, 2.05) is 6.07 Å². The third-order valence-corrected chi connectivity index (χ3v) is 3.12. The van der Waals surface area contributed by atoms with Crippen LogP contribution in [0.2, 0.25) is 0 Å². The van der Waals surface area contributed by atoms with Crippen molar-refractivity contribution < 1.29 is 14.3 Å². The summed E-state index contributed by atoms with van der Waals surface area (Å²) in [5.41, 5.74) is 1.12. The molecular formula is C12H17NO3. The van der Waals surface area contributed by atoms with E-state index in [9.17, 15) is 4.79 Å². The van der Waals surface area contributed by atoms with E-state index >= 15 is 0 Å². The maximum Gasteiger partial charge on any atom is 0.304 e. The molecular weight excluding hydrogens is 206 g/mol. The van der Waals surface area contributed by atoms with Crippen molar-refractivity contribution in [3.05, 3.63) is 24.2 Å². The summed E-state index contributed by atoms with van der Waals surface area (Å²) in [5, 5.41) is 8.73. The predicted octanol–water partition coefficient (Wildman–Crippen LogP) is 2.28. The number of carboxylic acids is 1. The Hall–Kier alpha value is -1.29. The van der Waals surface area contributed by atoms with Crippen molar-refractivity contribution in [3.63, 3.8) is 0 Å². The molecule has 0 aliphatic heterocycles. The van der Waals surface area contributed by atoms with Crippen LogP contribution in [-0.2, 0) is 4.79 Å². The minimum atomic E-state index is -0.731. The summed E-state index contributed by atoms with van der Waals surface area (Å²) in [7, 11) is 0. The average Bonchev–Trinajstić information content (AvgIpc) is 2.93. The van der Waals surface area contributed by atoms with Crippen molar-refractivity contribution in [2.45, 2.75) is 38.3 Å². The molecule has 16 heavy (non-hydrogen) atoms. The zero-order chi connectivity index (χ0) is 11.5. The van der Waals surface area contributed by atoms with Gasteiger partial charge in [-0.2, -0.15) is 0 Å². The number of hydrogen-bond acceptors (Lipinski definition) is 3. The summed E-state index contributed by atoms with van der Waals surface area (Å²) in [6.45, 7) is 2.72. The van der Waals surface area contributed by atoms with Crippen LogP contribution in [0.3, 0.4) is 0 Å². The van der Waals surface area contributed by atoms with E-state index in [2.05, 4.69) is 11.8 Å². The molecule has 2 rings (SSSR count). The molecule has 1 saturated carbocycles. The number of hydrogen-bond donors (Lipinski definition) is 1. The zero-order valence-electron chi connectivity index (χ0n) is 9.43. The molecule has 4 heteroatoms. The first-order valence-corrected chi connectivity index (χ1v) is 5.68. The normalized spacial score (nSPS) is 17.6. The first-order chi connectivity index (χ1) is 7.68. The Labute approximate surface area is 94.9 Å². The van der Waals surface area contributed by atoms with Crippen LogP contribution in [0.5, 0.6) is 0 Å². The molecule has 1 aliphatic carbocycles. The van der Waals surface area contributed by atoms with Gasteiger partial charge in [0.15, 0.2) is 0 Å².